The van der Waals surface area contributed by atoms with Gasteiger partial charge in [-0.1, -0.05) is 20.8 Å². The average Bonchev–Trinajstić information content (AvgIpc) is 2.82. The fraction of sp³-hybridized carbons (Fsp3) is 1.00. The molecule has 212 valence electrons. The lowest BCUT2D eigenvalue weighted by Crippen LogP contribution is -2.34. The SMILES string of the molecule is CCC(OC(C)OP(=O)(OC(C)OC(CC)C(C)OC)OC(C)OC(CC)C(C)OC)C(C)OC. The second-order valence-corrected chi connectivity index (χ2v) is 10.1. The Morgan fingerprint density at radius 1 is 0.514 bits per heavy atom. The first-order valence-corrected chi connectivity index (χ1v) is 14.1. The molecule has 0 aliphatic heterocycles. The lowest BCUT2D eigenvalue weighted by molar-refractivity contribution is -0.198. The Labute approximate surface area is 213 Å². The first-order chi connectivity index (χ1) is 16.4. The number of ether oxygens (including phenoxy) is 6. The molecule has 9 unspecified atom stereocenters. The zero-order valence-corrected chi connectivity index (χ0v) is 24.7. The number of methoxy groups -OCH3 is 3. The van der Waals surface area contributed by atoms with Gasteiger partial charge in [0.2, 0.25) is 0 Å². The van der Waals surface area contributed by atoms with E-state index in [9.17, 15) is 4.57 Å². The van der Waals surface area contributed by atoms with Crippen LogP contribution in [-0.4, -0.2) is 76.8 Å². The summed E-state index contributed by atoms with van der Waals surface area (Å²) in [5.41, 5.74) is 0. The summed E-state index contributed by atoms with van der Waals surface area (Å²) in [4.78, 5) is 0. The van der Waals surface area contributed by atoms with E-state index in [2.05, 4.69) is 0 Å². The molecule has 0 aromatic heterocycles. The molecule has 0 radical (unpaired) electrons. The molecule has 0 amide bonds. The van der Waals surface area contributed by atoms with E-state index >= 15 is 0 Å². The highest BCUT2D eigenvalue weighted by Crippen LogP contribution is 2.53. The summed E-state index contributed by atoms with van der Waals surface area (Å²) in [6, 6.07) is 0. The molecular weight excluding hydrogens is 479 g/mol. The molecule has 0 N–H and O–H groups in total. The van der Waals surface area contributed by atoms with Crippen LogP contribution in [0.4, 0.5) is 0 Å². The molecule has 0 spiro atoms. The summed E-state index contributed by atoms with van der Waals surface area (Å²) in [5.74, 6) is 0. The number of hydrogen-bond acceptors (Lipinski definition) is 10. The van der Waals surface area contributed by atoms with Gasteiger partial charge in [0, 0.05) is 21.3 Å². The smallest absolute Gasteiger partial charge is 0.379 e. The van der Waals surface area contributed by atoms with Gasteiger partial charge in [0.15, 0.2) is 18.9 Å². The maximum absolute atomic E-state index is 13.8. The van der Waals surface area contributed by atoms with Gasteiger partial charge in [-0.2, -0.15) is 0 Å². The zero-order chi connectivity index (χ0) is 27.2. The van der Waals surface area contributed by atoms with E-state index in [1.165, 1.54) is 0 Å². The molecule has 35 heavy (non-hydrogen) atoms. The van der Waals surface area contributed by atoms with Crippen molar-refractivity contribution in [3.63, 3.8) is 0 Å². The molecule has 0 saturated carbocycles. The van der Waals surface area contributed by atoms with Crippen molar-refractivity contribution >= 4 is 7.82 Å². The van der Waals surface area contributed by atoms with Gasteiger partial charge in [0.05, 0.1) is 36.6 Å². The Hall–Kier alpha value is -0.130. The van der Waals surface area contributed by atoms with Crippen LogP contribution in [0.15, 0.2) is 0 Å². The van der Waals surface area contributed by atoms with Crippen molar-refractivity contribution < 1.29 is 46.6 Å². The highest BCUT2D eigenvalue weighted by Gasteiger charge is 2.37. The number of phosphoric acid groups is 1. The standard InChI is InChI=1S/C24H51O10P/c1-13-22(16(4)26-10)29-19(7)32-35(25,33-20(8)30-23(14-2)17(5)27-11)34-21(9)31-24(15-3)18(6)28-12/h16-24H,13-15H2,1-12H3. The topological polar surface area (TPSA) is 100 Å². The van der Waals surface area contributed by atoms with Crippen LogP contribution in [-0.2, 0) is 46.6 Å². The molecule has 0 bridgehead atoms. The van der Waals surface area contributed by atoms with Crippen molar-refractivity contribution in [1.82, 2.24) is 0 Å². The molecule has 0 aromatic rings. The maximum Gasteiger partial charge on any atom is 0.481 e. The third-order valence-corrected chi connectivity index (χ3v) is 7.49. The molecule has 9 atom stereocenters. The third kappa shape index (κ3) is 13.3. The largest absolute Gasteiger partial charge is 0.481 e. The summed E-state index contributed by atoms with van der Waals surface area (Å²) in [6.07, 6.45) is -2.09. The van der Waals surface area contributed by atoms with E-state index < -0.39 is 26.7 Å². The molecule has 0 aromatic carbocycles. The van der Waals surface area contributed by atoms with Crippen molar-refractivity contribution in [2.75, 3.05) is 21.3 Å². The molecule has 0 aliphatic carbocycles. The Morgan fingerprint density at radius 3 is 0.914 bits per heavy atom. The van der Waals surface area contributed by atoms with Gasteiger partial charge in [-0.05, 0) is 60.8 Å². The molecule has 0 saturated heterocycles. The summed E-state index contributed by atoms with van der Waals surface area (Å²) < 4.78 is 64.8. The molecule has 11 heteroatoms. The van der Waals surface area contributed by atoms with Crippen molar-refractivity contribution in [2.24, 2.45) is 0 Å². The number of hydrogen-bond donors (Lipinski definition) is 0. The maximum atomic E-state index is 13.8. The van der Waals surface area contributed by atoms with E-state index in [0.29, 0.717) is 19.3 Å². The van der Waals surface area contributed by atoms with Crippen molar-refractivity contribution in [3.8, 4) is 0 Å². The summed E-state index contributed by atoms with van der Waals surface area (Å²) in [6.45, 7) is 16.5. The van der Waals surface area contributed by atoms with Crippen LogP contribution in [0, 0.1) is 0 Å². The van der Waals surface area contributed by atoms with Gasteiger partial charge in [0.25, 0.3) is 0 Å². The minimum Gasteiger partial charge on any atom is -0.379 e. The van der Waals surface area contributed by atoms with Gasteiger partial charge >= 0.3 is 7.82 Å². The van der Waals surface area contributed by atoms with Gasteiger partial charge < -0.3 is 28.4 Å². The van der Waals surface area contributed by atoms with Crippen LogP contribution >= 0.6 is 7.82 Å². The second-order valence-electron chi connectivity index (χ2n) is 8.54. The molecule has 0 rings (SSSR count). The fourth-order valence-corrected chi connectivity index (χ4v) is 4.89. The van der Waals surface area contributed by atoms with Crippen molar-refractivity contribution in [1.29, 1.82) is 0 Å². The van der Waals surface area contributed by atoms with Crippen LogP contribution in [0.5, 0.6) is 0 Å². The highest BCUT2D eigenvalue weighted by atomic mass is 31.2. The zero-order valence-electron chi connectivity index (χ0n) is 23.8. The molecule has 0 aliphatic rings. The lowest BCUT2D eigenvalue weighted by atomic mass is 10.2. The lowest BCUT2D eigenvalue weighted by Gasteiger charge is -2.32. The Kier molecular flexibility index (Phi) is 18.1. The second kappa shape index (κ2) is 18.2. The van der Waals surface area contributed by atoms with Gasteiger partial charge in [-0.15, -0.1) is 0 Å². The van der Waals surface area contributed by atoms with E-state index in [1.54, 1.807) is 42.1 Å². The first-order valence-electron chi connectivity index (χ1n) is 12.6. The van der Waals surface area contributed by atoms with Gasteiger partial charge in [-0.3, -0.25) is 13.6 Å². The van der Waals surface area contributed by atoms with E-state index in [0.717, 1.165) is 0 Å². The normalized spacial score (nSPS) is 21.8. The van der Waals surface area contributed by atoms with Crippen LogP contribution in [0.25, 0.3) is 0 Å². The van der Waals surface area contributed by atoms with E-state index in [4.69, 9.17) is 42.0 Å². The summed E-state index contributed by atoms with van der Waals surface area (Å²) in [5, 5.41) is 0. The fourth-order valence-electron chi connectivity index (χ4n) is 3.50. The van der Waals surface area contributed by atoms with Crippen molar-refractivity contribution in [2.45, 2.75) is 137 Å². The number of phosphoric ester groups is 1. The Bertz CT molecular complexity index is 504. The highest BCUT2D eigenvalue weighted by molar-refractivity contribution is 7.48. The first kappa shape index (κ1) is 34.9. The number of rotatable bonds is 21. The quantitative estimate of drug-likeness (QED) is 0.136. The summed E-state index contributed by atoms with van der Waals surface area (Å²) in [7, 11) is 0.613. The summed E-state index contributed by atoms with van der Waals surface area (Å²) >= 11 is 0. The average molecular weight is 531 g/mol. The minimum atomic E-state index is -4.20. The predicted molar refractivity (Wildman–Crippen MR) is 134 cm³/mol. The van der Waals surface area contributed by atoms with Gasteiger partial charge in [0.1, 0.15) is 0 Å². The Morgan fingerprint density at radius 2 is 0.743 bits per heavy atom. The molecule has 0 heterocycles. The van der Waals surface area contributed by atoms with Crippen molar-refractivity contribution in [3.05, 3.63) is 0 Å². The Balaban J connectivity index is 5.58. The molecule has 0 fully saturated rings. The van der Waals surface area contributed by atoms with Crippen LogP contribution in [0.1, 0.15) is 81.6 Å². The van der Waals surface area contributed by atoms with Gasteiger partial charge in [-0.25, -0.2) is 4.57 Å². The van der Waals surface area contributed by atoms with Crippen LogP contribution < -0.4 is 0 Å². The van der Waals surface area contributed by atoms with E-state index in [1.807, 2.05) is 41.5 Å². The monoisotopic (exact) mass is 530 g/mol. The van der Waals surface area contributed by atoms with E-state index in [-0.39, 0.29) is 36.6 Å². The molecule has 10 nitrogen and oxygen atoms in total. The predicted octanol–water partition coefficient (Wildman–Crippen LogP) is 5.67. The van der Waals surface area contributed by atoms with Crippen LogP contribution in [0.3, 0.4) is 0 Å². The third-order valence-electron chi connectivity index (χ3n) is 5.83. The molecular formula is C24H51O10P. The van der Waals surface area contributed by atoms with Crippen LogP contribution in [0.2, 0.25) is 0 Å². The minimum absolute atomic E-state index is 0.182.